The third-order valence-electron chi connectivity index (χ3n) is 7.36. The SMILES string of the molecule is CN(c1ccc(N2CCN(C(=O)OC(C)(C)C)CC2)cc1C(=O)Nc1ccc(S(=O)(=O)CCCCCC(C)(F)F)cc1)S(C)(=O)=O. The third kappa shape index (κ3) is 10.8. The van der Waals surface area contributed by atoms with Gasteiger partial charge >= 0.3 is 6.09 Å². The van der Waals surface area contributed by atoms with Gasteiger partial charge in [-0.15, -0.1) is 0 Å². The van der Waals surface area contributed by atoms with Crippen molar-refractivity contribution in [3.05, 3.63) is 48.0 Å². The molecule has 256 valence electrons. The molecule has 1 heterocycles. The number of nitrogens with zero attached hydrogens (tertiary/aromatic N) is 3. The molecule has 0 aliphatic carbocycles. The highest BCUT2D eigenvalue weighted by Crippen LogP contribution is 2.29. The van der Waals surface area contributed by atoms with Crippen LogP contribution in [0.5, 0.6) is 0 Å². The second-order valence-electron chi connectivity index (χ2n) is 12.6. The molecule has 0 aromatic heterocycles. The molecule has 2 amide bonds. The quantitative estimate of drug-likeness (QED) is 0.295. The fourth-order valence-corrected chi connectivity index (χ4v) is 6.68. The first-order valence-corrected chi connectivity index (χ1v) is 18.5. The topological polar surface area (TPSA) is 133 Å². The molecule has 1 fully saturated rings. The van der Waals surface area contributed by atoms with Crippen LogP contribution in [0.4, 0.5) is 30.6 Å². The average molecular weight is 687 g/mol. The number of piperazine rings is 1. The number of unbranched alkanes of at least 4 members (excludes halogenated alkanes) is 2. The van der Waals surface area contributed by atoms with Crippen molar-refractivity contribution in [1.29, 1.82) is 0 Å². The van der Waals surface area contributed by atoms with Gasteiger partial charge in [-0.2, -0.15) is 0 Å². The Bertz CT molecular complexity index is 1600. The predicted octanol–water partition coefficient (Wildman–Crippen LogP) is 5.38. The van der Waals surface area contributed by atoms with Crippen molar-refractivity contribution in [2.75, 3.05) is 59.8 Å². The van der Waals surface area contributed by atoms with Crippen LogP contribution in [0.2, 0.25) is 0 Å². The Kier molecular flexibility index (Phi) is 11.7. The molecule has 15 heteroatoms. The molecule has 1 aliphatic rings. The van der Waals surface area contributed by atoms with Crippen molar-refractivity contribution in [1.82, 2.24) is 4.90 Å². The van der Waals surface area contributed by atoms with Gasteiger partial charge in [-0.25, -0.2) is 30.4 Å². The molecular formula is C31H44F2N4O7S2. The van der Waals surface area contributed by atoms with Crippen LogP contribution in [0.15, 0.2) is 47.4 Å². The Balaban J connectivity index is 1.74. The summed E-state index contributed by atoms with van der Waals surface area (Å²) in [5, 5.41) is 2.72. The fourth-order valence-electron chi connectivity index (χ4n) is 4.80. The van der Waals surface area contributed by atoms with Crippen LogP contribution in [-0.2, 0) is 24.6 Å². The van der Waals surface area contributed by atoms with E-state index >= 15 is 0 Å². The standard InChI is InChI=1S/C31H44F2N4O7S2/c1-30(2,3)44-29(39)37-19-17-36(18-20-37)24-12-15-27(35(5)45(6,40)41)26(22-24)28(38)34-23-10-13-25(14-11-23)46(42,43)21-9-7-8-16-31(4,32)33/h10-15,22H,7-9,16-21H2,1-6H3,(H,34,38). The molecule has 0 spiro atoms. The van der Waals surface area contributed by atoms with Crippen LogP contribution in [0.25, 0.3) is 0 Å². The third-order valence-corrected chi connectivity index (χ3v) is 10.4. The number of nitrogens with one attached hydrogen (secondary N) is 1. The highest BCUT2D eigenvalue weighted by atomic mass is 32.2. The molecule has 2 aromatic carbocycles. The number of carbonyl (C=O) groups excluding carboxylic acids is 2. The minimum Gasteiger partial charge on any atom is -0.444 e. The molecule has 1 saturated heterocycles. The number of hydrogen-bond acceptors (Lipinski definition) is 8. The highest BCUT2D eigenvalue weighted by Gasteiger charge is 2.28. The summed E-state index contributed by atoms with van der Waals surface area (Å²) in [6.07, 6.45) is 1.16. The maximum atomic E-state index is 13.5. The van der Waals surface area contributed by atoms with Crippen LogP contribution in [0.1, 0.15) is 63.7 Å². The van der Waals surface area contributed by atoms with Crippen LogP contribution >= 0.6 is 0 Å². The van der Waals surface area contributed by atoms with E-state index in [0.717, 1.165) is 17.5 Å². The maximum absolute atomic E-state index is 13.5. The lowest BCUT2D eigenvalue weighted by molar-refractivity contribution is 0.0104. The Hall–Kier alpha value is -3.46. The van der Waals surface area contributed by atoms with Crippen molar-refractivity contribution in [2.24, 2.45) is 0 Å². The van der Waals surface area contributed by atoms with Gasteiger partial charge in [-0.1, -0.05) is 6.42 Å². The molecule has 11 nitrogen and oxygen atoms in total. The average Bonchev–Trinajstić information content (AvgIpc) is 2.94. The molecule has 1 N–H and O–H groups in total. The van der Waals surface area contributed by atoms with Gasteiger partial charge in [0, 0.05) is 51.0 Å². The molecule has 0 radical (unpaired) electrons. The van der Waals surface area contributed by atoms with Gasteiger partial charge in [0.1, 0.15) is 5.60 Å². The summed E-state index contributed by atoms with van der Waals surface area (Å²) >= 11 is 0. The predicted molar refractivity (Wildman–Crippen MR) is 175 cm³/mol. The summed E-state index contributed by atoms with van der Waals surface area (Å²) in [6.45, 7) is 7.93. The molecular weight excluding hydrogens is 642 g/mol. The minimum atomic E-state index is -3.72. The van der Waals surface area contributed by atoms with E-state index in [9.17, 15) is 35.2 Å². The van der Waals surface area contributed by atoms with Crippen LogP contribution in [0, 0.1) is 0 Å². The van der Waals surface area contributed by atoms with E-state index in [1.165, 1.54) is 31.3 Å². The van der Waals surface area contributed by atoms with Gasteiger partial charge < -0.3 is 19.9 Å². The second-order valence-corrected chi connectivity index (χ2v) is 16.7. The zero-order valence-electron chi connectivity index (χ0n) is 27.2. The normalized spacial score (nSPS) is 14.6. The van der Waals surface area contributed by atoms with Crippen molar-refractivity contribution in [2.45, 2.75) is 69.8 Å². The van der Waals surface area contributed by atoms with E-state index in [1.54, 1.807) is 43.9 Å². The van der Waals surface area contributed by atoms with E-state index < -0.39 is 43.4 Å². The van der Waals surface area contributed by atoms with E-state index in [0.29, 0.717) is 44.0 Å². The number of benzene rings is 2. The van der Waals surface area contributed by atoms with E-state index in [4.69, 9.17) is 4.74 Å². The molecule has 46 heavy (non-hydrogen) atoms. The number of hydrogen-bond donors (Lipinski definition) is 1. The van der Waals surface area contributed by atoms with Gasteiger partial charge in [-0.3, -0.25) is 9.10 Å². The second kappa shape index (κ2) is 14.5. The van der Waals surface area contributed by atoms with Crippen molar-refractivity contribution < 1.29 is 39.9 Å². The summed E-state index contributed by atoms with van der Waals surface area (Å²) in [6, 6.07) is 10.4. The van der Waals surface area contributed by atoms with Gasteiger partial charge in [-0.05, 0) is 83.0 Å². The first-order valence-electron chi connectivity index (χ1n) is 15.0. The van der Waals surface area contributed by atoms with E-state index in [-0.39, 0.29) is 41.2 Å². The zero-order chi connectivity index (χ0) is 34.5. The Morgan fingerprint density at radius 1 is 0.913 bits per heavy atom. The lowest BCUT2D eigenvalue weighted by Gasteiger charge is -2.37. The number of ether oxygens (including phenoxy) is 1. The summed E-state index contributed by atoms with van der Waals surface area (Å²) in [4.78, 5) is 29.6. The molecule has 0 saturated carbocycles. The number of alkyl halides is 2. The van der Waals surface area contributed by atoms with Crippen LogP contribution in [-0.4, -0.2) is 90.5 Å². The Morgan fingerprint density at radius 2 is 1.52 bits per heavy atom. The smallest absolute Gasteiger partial charge is 0.410 e. The number of sulfonamides is 1. The Labute approximate surface area is 270 Å². The van der Waals surface area contributed by atoms with Crippen LogP contribution in [0.3, 0.4) is 0 Å². The summed E-state index contributed by atoms with van der Waals surface area (Å²) in [7, 11) is -6.03. The number of anilines is 3. The van der Waals surface area contributed by atoms with Crippen molar-refractivity contribution in [3.8, 4) is 0 Å². The summed E-state index contributed by atoms with van der Waals surface area (Å²) in [5.41, 5.74) is 0.554. The molecule has 0 bridgehead atoms. The van der Waals surface area contributed by atoms with E-state index in [2.05, 4.69) is 5.32 Å². The summed E-state index contributed by atoms with van der Waals surface area (Å²) in [5.74, 6) is -3.57. The zero-order valence-corrected chi connectivity index (χ0v) is 28.8. The molecule has 0 atom stereocenters. The van der Waals surface area contributed by atoms with Gasteiger partial charge in [0.15, 0.2) is 9.84 Å². The van der Waals surface area contributed by atoms with Gasteiger partial charge in [0.25, 0.3) is 5.91 Å². The highest BCUT2D eigenvalue weighted by molar-refractivity contribution is 7.92. The van der Waals surface area contributed by atoms with Gasteiger partial charge in [0.05, 0.1) is 28.2 Å². The molecule has 0 unspecified atom stereocenters. The lowest BCUT2D eigenvalue weighted by atomic mass is 10.1. The number of rotatable bonds is 12. The summed E-state index contributed by atoms with van der Waals surface area (Å²) < 4.78 is 82.7. The monoisotopic (exact) mass is 686 g/mol. The number of carbonyl (C=O) groups is 2. The number of halogens is 2. The largest absolute Gasteiger partial charge is 0.444 e. The van der Waals surface area contributed by atoms with Gasteiger partial charge in [0.2, 0.25) is 15.9 Å². The van der Waals surface area contributed by atoms with Crippen LogP contribution < -0.4 is 14.5 Å². The van der Waals surface area contributed by atoms with Crippen molar-refractivity contribution >= 4 is 48.9 Å². The maximum Gasteiger partial charge on any atom is 0.410 e. The Morgan fingerprint density at radius 3 is 2.07 bits per heavy atom. The van der Waals surface area contributed by atoms with E-state index in [1.807, 2.05) is 4.90 Å². The lowest BCUT2D eigenvalue weighted by Crippen LogP contribution is -2.50. The van der Waals surface area contributed by atoms with Crippen molar-refractivity contribution in [3.63, 3.8) is 0 Å². The number of amides is 2. The first-order chi connectivity index (χ1) is 21.2. The fraction of sp³-hybridized carbons (Fsp3) is 0.548. The molecule has 2 aromatic rings. The number of sulfone groups is 1. The first kappa shape index (κ1) is 37.0. The molecule has 3 rings (SSSR count). The minimum absolute atomic E-state index is 0.0383. The molecule has 1 aliphatic heterocycles.